The summed E-state index contributed by atoms with van der Waals surface area (Å²) < 4.78 is 0. The topological polar surface area (TPSA) is 27.3 Å². The number of rotatable bonds is 5. The lowest BCUT2D eigenvalue weighted by Crippen LogP contribution is -2.43. The van der Waals surface area contributed by atoms with Gasteiger partial charge in [-0.25, -0.2) is 0 Å². The van der Waals surface area contributed by atoms with E-state index in [1.165, 1.54) is 22.5 Å². The Hall–Kier alpha value is -2.00. The first kappa shape index (κ1) is 14.9. The summed E-state index contributed by atoms with van der Waals surface area (Å²) in [6.45, 7) is 7.39. The van der Waals surface area contributed by atoms with Crippen molar-refractivity contribution >= 4 is 11.4 Å². The Morgan fingerprint density at radius 2 is 1.73 bits per heavy atom. The number of nitrogens with zero attached hydrogens (tertiary/aromatic N) is 1. The van der Waals surface area contributed by atoms with Crippen LogP contribution in [0.15, 0.2) is 48.5 Å². The SMILES string of the molecule is Cc1ccc(CCNc2ccccc2N2CCNCC2)cc1. The summed E-state index contributed by atoms with van der Waals surface area (Å²) in [6.07, 6.45) is 1.05. The van der Waals surface area contributed by atoms with Gasteiger partial charge in [0.05, 0.1) is 11.4 Å². The molecule has 0 unspecified atom stereocenters. The van der Waals surface area contributed by atoms with Crippen LogP contribution in [0.1, 0.15) is 11.1 Å². The van der Waals surface area contributed by atoms with Crippen LogP contribution in [0.25, 0.3) is 0 Å². The van der Waals surface area contributed by atoms with Crippen LogP contribution >= 0.6 is 0 Å². The van der Waals surface area contributed by atoms with Gasteiger partial charge in [-0.1, -0.05) is 42.0 Å². The van der Waals surface area contributed by atoms with Gasteiger partial charge in [-0.05, 0) is 31.0 Å². The third kappa shape index (κ3) is 3.80. The van der Waals surface area contributed by atoms with Crippen molar-refractivity contribution in [1.29, 1.82) is 0 Å². The molecule has 0 radical (unpaired) electrons. The molecule has 0 saturated carbocycles. The number of nitrogens with one attached hydrogen (secondary N) is 2. The van der Waals surface area contributed by atoms with Gasteiger partial charge < -0.3 is 15.5 Å². The van der Waals surface area contributed by atoms with Gasteiger partial charge in [0.25, 0.3) is 0 Å². The van der Waals surface area contributed by atoms with Gasteiger partial charge in [-0.15, -0.1) is 0 Å². The van der Waals surface area contributed by atoms with Gasteiger partial charge in [-0.2, -0.15) is 0 Å². The maximum Gasteiger partial charge on any atom is 0.0602 e. The van der Waals surface area contributed by atoms with E-state index in [0.29, 0.717) is 0 Å². The first-order valence-electron chi connectivity index (χ1n) is 8.17. The first-order valence-corrected chi connectivity index (χ1v) is 8.17. The molecule has 0 atom stereocenters. The Balaban J connectivity index is 1.61. The zero-order chi connectivity index (χ0) is 15.2. The number of aryl methyl sites for hydroxylation is 1. The molecule has 1 aliphatic rings. The summed E-state index contributed by atoms with van der Waals surface area (Å²) in [5.41, 5.74) is 5.28. The second kappa shape index (κ2) is 7.32. The van der Waals surface area contributed by atoms with Gasteiger partial charge in [0, 0.05) is 32.7 Å². The van der Waals surface area contributed by atoms with Crippen LogP contribution < -0.4 is 15.5 Å². The fourth-order valence-electron chi connectivity index (χ4n) is 2.90. The van der Waals surface area contributed by atoms with E-state index in [0.717, 1.165) is 39.1 Å². The number of benzene rings is 2. The Morgan fingerprint density at radius 3 is 2.50 bits per heavy atom. The highest BCUT2D eigenvalue weighted by Crippen LogP contribution is 2.25. The molecule has 1 heterocycles. The highest BCUT2D eigenvalue weighted by molar-refractivity contribution is 5.70. The van der Waals surface area contributed by atoms with Crippen LogP contribution in [-0.4, -0.2) is 32.7 Å². The van der Waals surface area contributed by atoms with E-state index >= 15 is 0 Å². The van der Waals surface area contributed by atoms with Gasteiger partial charge in [0.2, 0.25) is 0 Å². The third-order valence-electron chi connectivity index (χ3n) is 4.21. The summed E-state index contributed by atoms with van der Waals surface area (Å²) in [5, 5.41) is 7.02. The molecular weight excluding hydrogens is 270 g/mol. The normalized spacial score (nSPS) is 14.9. The predicted molar refractivity (Wildman–Crippen MR) is 94.9 cm³/mol. The van der Waals surface area contributed by atoms with Crippen LogP contribution in [0.2, 0.25) is 0 Å². The Bertz CT molecular complexity index is 586. The van der Waals surface area contributed by atoms with Gasteiger partial charge in [0.1, 0.15) is 0 Å². The summed E-state index contributed by atoms with van der Waals surface area (Å²) in [7, 11) is 0. The average molecular weight is 295 g/mol. The van der Waals surface area contributed by atoms with E-state index in [4.69, 9.17) is 0 Å². The molecule has 0 spiro atoms. The minimum absolute atomic E-state index is 0.964. The first-order chi connectivity index (χ1) is 10.8. The second-order valence-electron chi connectivity index (χ2n) is 5.92. The lowest BCUT2D eigenvalue weighted by molar-refractivity contribution is 0.589. The second-order valence-corrected chi connectivity index (χ2v) is 5.92. The summed E-state index contributed by atoms with van der Waals surface area (Å²) in [6, 6.07) is 17.5. The molecule has 0 bridgehead atoms. The van der Waals surface area contributed by atoms with Gasteiger partial charge >= 0.3 is 0 Å². The van der Waals surface area contributed by atoms with Crippen LogP contribution in [0, 0.1) is 6.92 Å². The summed E-state index contributed by atoms with van der Waals surface area (Å²) in [5.74, 6) is 0. The molecule has 3 rings (SSSR count). The zero-order valence-electron chi connectivity index (χ0n) is 13.3. The van der Waals surface area contributed by atoms with Crippen LogP contribution in [-0.2, 0) is 6.42 Å². The van der Waals surface area contributed by atoms with Crippen molar-refractivity contribution in [3.8, 4) is 0 Å². The van der Waals surface area contributed by atoms with Gasteiger partial charge in [0.15, 0.2) is 0 Å². The van der Waals surface area contributed by atoms with Crippen molar-refractivity contribution in [3.05, 3.63) is 59.7 Å². The molecule has 0 amide bonds. The Morgan fingerprint density at radius 1 is 1.00 bits per heavy atom. The molecule has 3 heteroatoms. The maximum atomic E-state index is 3.61. The van der Waals surface area contributed by atoms with Crippen LogP contribution in [0.5, 0.6) is 0 Å². The molecule has 2 aromatic carbocycles. The van der Waals surface area contributed by atoms with Crippen LogP contribution in [0.3, 0.4) is 0 Å². The molecule has 1 saturated heterocycles. The van der Waals surface area contributed by atoms with Crippen molar-refractivity contribution in [3.63, 3.8) is 0 Å². The average Bonchev–Trinajstić information content (AvgIpc) is 2.58. The van der Waals surface area contributed by atoms with E-state index < -0.39 is 0 Å². The number of hydrogen-bond acceptors (Lipinski definition) is 3. The quantitative estimate of drug-likeness (QED) is 0.888. The molecule has 2 aromatic rings. The van der Waals surface area contributed by atoms with Crippen molar-refractivity contribution in [2.75, 3.05) is 42.9 Å². The van der Waals surface area contributed by atoms with Crippen LogP contribution in [0.4, 0.5) is 11.4 Å². The Kier molecular flexibility index (Phi) is 4.96. The lowest BCUT2D eigenvalue weighted by Gasteiger charge is -2.31. The number of hydrogen-bond donors (Lipinski definition) is 2. The molecular formula is C19H25N3. The third-order valence-corrected chi connectivity index (χ3v) is 4.21. The summed E-state index contributed by atoms with van der Waals surface area (Å²) in [4.78, 5) is 2.46. The number of anilines is 2. The van der Waals surface area contributed by atoms with Gasteiger partial charge in [-0.3, -0.25) is 0 Å². The smallest absolute Gasteiger partial charge is 0.0602 e. The highest BCUT2D eigenvalue weighted by atomic mass is 15.2. The molecule has 1 aliphatic heterocycles. The van der Waals surface area contributed by atoms with E-state index in [-0.39, 0.29) is 0 Å². The summed E-state index contributed by atoms with van der Waals surface area (Å²) >= 11 is 0. The molecule has 22 heavy (non-hydrogen) atoms. The minimum Gasteiger partial charge on any atom is -0.383 e. The lowest BCUT2D eigenvalue weighted by atomic mass is 10.1. The molecule has 0 aliphatic carbocycles. The number of para-hydroxylation sites is 2. The molecule has 0 aromatic heterocycles. The van der Waals surface area contributed by atoms with Crippen molar-refractivity contribution in [2.24, 2.45) is 0 Å². The molecule has 1 fully saturated rings. The molecule has 116 valence electrons. The maximum absolute atomic E-state index is 3.61. The minimum atomic E-state index is 0.964. The van der Waals surface area contributed by atoms with Crippen molar-refractivity contribution in [2.45, 2.75) is 13.3 Å². The molecule has 3 nitrogen and oxygen atoms in total. The predicted octanol–water partition coefficient (Wildman–Crippen LogP) is 3.06. The monoisotopic (exact) mass is 295 g/mol. The van der Waals surface area contributed by atoms with E-state index in [9.17, 15) is 0 Å². The zero-order valence-corrected chi connectivity index (χ0v) is 13.3. The fraction of sp³-hybridized carbons (Fsp3) is 0.368. The van der Waals surface area contributed by atoms with Crippen molar-refractivity contribution in [1.82, 2.24) is 5.32 Å². The van der Waals surface area contributed by atoms with E-state index in [2.05, 4.69) is 71.0 Å². The highest BCUT2D eigenvalue weighted by Gasteiger charge is 2.13. The largest absolute Gasteiger partial charge is 0.383 e. The standard InChI is InChI=1S/C19H25N3/c1-16-6-8-17(9-7-16)10-11-21-18-4-2-3-5-19(18)22-14-12-20-13-15-22/h2-9,20-21H,10-15H2,1H3. The van der Waals surface area contributed by atoms with E-state index in [1.807, 2.05) is 0 Å². The fourth-order valence-corrected chi connectivity index (χ4v) is 2.90. The Labute approximate surface area is 133 Å². The van der Waals surface area contributed by atoms with Crippen molar-refractivity contribution < 1.29 is 0 Å². The number of piperazine rings is 1. The molecule has 2 N–H and O–H groups in total. The van der Waals surface area contributed by atoms with E-state index in [1.54, 1.807) is 0 Å².